The van der Waals surface area contributed by atoms with E-state index in [9.17, 15) is 23.2 Å². The molecule has 9 heteroatoms. The van der Waals surface area contributed by atoms with Crippen molar-refractivity contribution in [1.29, 1.82) is 0 Å². The molecule has 2 amide bonds. The average molecular weight is 404 g/mol. The fourth-order valence-corrected chi connectivity index (χ4v) is 2.18. The number of alkyl halides is 2. The Morgan fingerprint density at radius 3 is 2.28 bits per heavy atom. The van der Waals surface area contributed by atoms with Gasteiger partial charge < -0.3 is 20.1 Å². The van der Waals surface area contributed by atoms with Crippen molar-refractivity contribution in [2.75, 3.05) is 11.9 Å². The monoisotopic (exact) mass is 404 g/mol. The van der Waals surface area contributed by atoms with Gasteiger partial charge in [0.15, 0.2) is 6.61 Å². The third-order valence-corrected chi connectivity index (χ3v) is 3.34. The minimum Gasteiger partial charge on any atom is -0.451 e. The van der Waals surface area contributed by atoms with Crippen molar-refractivity contribution in [2.24, 2.45) is 0 Å². The number of nitrogens with one attached hydrogen (secondary N) is 2. The number of esters is 1. The van der Waals surface area contributed by atoms with Crippen LogP contribution in [0.2, 0.25) is 0 Å². The summed E-state index contributed by atoms with van der Waals surface area (Å²) in [5, 5.41) is 4.81. The molecule has 0 aromatic heterocycles. The Morgan fingerprint density at radius 2 is 1.69 bits per heavy atom. The highest BCUT2D eigenvalue weighted by molar-refractivity contribution is 5.99. The number of hydrogen-bond donors (Lipinski definition) is 2. The third kappa shape index (κ3) is 7.79. The number of carbonyl (C=O) groups is 3. The smallest absolute Gasteiger partial charge is 0.387 e. The minimum absolute atomic E-state index is 0.0598. The van der Waals surface area contributed by atoms with Gasteiger partial charge in [0.1, 0.15) is 11.4 Å². The van der Waals surface area contributed by atoms with Crippen LogP contribution < -0.4 is 15.4 Å². The third-order valence-electron chi connectivity index (χ3n) is 3.34. The van der Waals surface area contributed by atoms with Crippen molar-refractivity contribution < 1.29 is 32.6 Å². The van der Waals surface area contributed by atoms with Crippen molar-refractivity contribution in [2.45, 2.75) is 13.5 Å². The van der Waals surface area contributed by atoms with Gasteiger partial charge in [-0.15, -0.1) is 0 Å². The molecule has 2 rings (SSSR count). The number of hydrogen-bond acceptors (Lipinski definition) is 5. The summed E-state index contributed by atoms with van der Waals surface area (Å²) in [5.41, 5.74) is 0.836. The first-order chi connectivity index (χ1) is 13.8. The van der Waals surface area contributed by atoms with E-state index in [1.807, 2.05) is 0 Å². The number of ether oxygens (including phenoxy) is 2. The highest BCUT2D eigenvalue weighted by Crippen LogP contribution is 2.17. The predicted molar refractivity (Wildman–Crippen MR) is 101 cm³/mol. The number of rotatable bonds is 8. The molecule has 0 aliphatic heterocycles. The van der Waals surface area contributed by atoms with E-state index in [4.69, 9.17) is 4.74 Å². The summed E-state index contributed by atoms with van der Waals surface area (Å²) in [6.07, 6.45) is 1.42. The average Bonchev–Trinajstić information content (AvgIpc) is 2.67. The zero-order chi connectivity index (χ0) is 21.2. The second-order valence-electron chi connectivity index (χ2n) is 5.68. The molecule has 2 N–H and O–H groups in total. The Bertz CT molecular complexity index is 884. The van der Waals surface area contributed by atoms with Gasteiger partial charge in [0.2, 0.25) is 5.91 Å². The molecule has 0 heterocycles. The van der Waals surface area contributed by atoms with Gasteiger partial charge in [-0.2, -0.15) is 8.78 Å². The molecule has 0 bridgehead atoms. The maximum Gasteiger partial charge on any atom is 0.387 e. The SMILES string of the molecule is CC(=O)N/C(=C\c1ccccc1)C(=O)OCC(=O)Nc1ccc(OC(F)F)cc1. The van der Waals surface area contributed by atoms with Crippen LogP contribution in [0.4, 0.5) is 14.5 Å². The first-order valence-electron chi connectivity index (χ1n) is 8.39. The van der Waals surface area contributed by atoms with Crippen molar-refractivity contribution in [3.63, 3.8) is 0 Å². The van der Waals surface area contributed by atoms with Crippen LogP contribution in [0.1, 0.15) is 12.5 Å². The number of halogens is 2. The van der Waals surface area contributed by atoms with Crippen LogP contribution in [0.5, 0.6) is 5.75 Å². The molecule has 0 unspecified atom stereocenters. The lowest BCUT2D eigenvalue weighted by Gasteiger charge is -2.10. The zero-order valence-electron chi connectivity index (χ0n) is 15.4. The first kappa shape index (κ1) is 21.5. The molecule has 152 valence electrons. The van der Waals surface area contributed by atoms with E-state index in [0.717, 1.165) is 0 Å². The van der Waals surface area contributed by atoms with E-state index in [0.29, 0.717) is 11.3 Å². The minimum atomic E-state index is -2.95. The van der Waals surface area contributed by atoms with Gasteiger partial charge in [-0.25, -0.2) is 4.79 Å². The quantitative estimate of drug-likeness (QED) is 0.521. The van der Waals surface area contributed by atoms with Crippen LogP contribution in [0, 0.1) is 0 Å². The van der Waals surface area contributed by atoms with Crippen LogP contribution in [-0.2, 0) is 19.1 Å². The summed E-state index contributed by atoms with van der Waals surface area (Å²) in [4.78, 5) is 35.5. The maximum atomic E-state index is 12.2. The lowest BCUT2D eigenvalue weighted by molar-refractivity contribution is -0.144. The molecule has 7 nitrogen and oxygen atoms in total. The Balaban J connectivity index is 1.93. The van der Waals surface area contributed by atoms with Gasteiger partial charge in [-0.3, -0.25) is 9.59 Å². The molecule has 0 saturated heterocycles. The standard InChI is InChI=1S/C20H18F2N2O5/c1-13(25)23-17(11-14-5-3-2-4-6-14)19(27)28-12-18(26)24-15-7-9-16(10-8-15)29-20(21)22/h2-11,20H,12H2,1H3,(H,23,25)(H,24,26)/b17-11-. The molecule has 0 saturated carbocycles. The van der Waals surface area contributed by atoms with Crippen molar-refractivity contribution >= 4 is 29.5 Å². The van der Waals surface area contributed by atoms with Gasteiger partial charge in [0.25, 0.3) is 5.91 Å². The van der Waals surface area contributed by atoms with E-state index in [1.165, 1.54) is 37.3 Å². The lowest BCUT2D eigenvalue weighted by Crippen LogP contribution is -2.28. The predicted octanol–water partition coefficient (Wildman–Crippen LogP) is 2.95. The molecule has 29 heavy (non-hydrogen) atoms. The maximum absolute atomic E-state index is 12.2. The van der Waals surface area contributed by atoms with Crippen LogP contribution in [-0.4, -0.2) is 31.0 Å². The molecule has 0 radical (unpaired) electrons. The summed E-state index contributed by atoms with van der Waals surface area (Å²) in [5.74, 6) is -2.07. The van der Waals surface area contributed by atoms with E-state index in [1.54, 1.807) is 30.3 Å². The summed E-state index contributed by atoms with van der Waals surface area (Å²) >= 11 is 0. The van der Waals surface area contributed by atoms with E-state index < -0.39 is 31.0 Å². The Labute approximate surface area is 165 Å². The van der Waals surface area contributed by atoms with Crippen molar-refractivity contribution in [1.82, 2.24) is 5.32 Å². The number of anilines is 1. The highest BCUT2D eigenvalue weighted by Gasteiger charge is 2.15. The van der Waals surface area contributed by atoms with Gasteiger partial charge in [0.05, 0.1) is 0 Å². The molecule has 0 fully saturated rings. The number of carbonyl (C=O) groups excluding carboxylic acids is 3. The Morgan fingerprint density at radius 1 is 1.03 bits per heavy atom. The Kier molecular flexibility index (Phi) is 7.84. The fraction of sp³-hybridized carbons (Fsp3) is 0.150. The fourth-order valence-electron chi connectivity index (χ4n) is 2.18. The summed E-state index contributed by atoms with van der Waals surface area (Å²) in [6, 6.07) is 14.0. The topological polar surface area (TPSA) is 93.7 Å². The zero-order valence-corrected chi connectivity index (χ0v) is 15.4. The van der Waals surface area contributed by atoms with Crippen LogP contribution in [0.15, 0.2) is 60.3 Å². The molecule has 0 aliphatic carbocycles. The first-order valence-corrected chi connectivity index (χ1v) is 8.39. The van der Waals surface area contributed by atoms with Crippen molar-refractivity contribution in [3.8, 4) is 5.75 Å². The summed E-state index contributed by atoms with van der Waals surface area (Å²) in [6.45, 7) is -2.32. The van der Waals surface area contributed by atoms with Crippen LogP contribution in [0.3, 0.4) is 0 Å². The van der Waals surface area contributed by atoms with Gasteiger partial charge in [-0.05, 0) is 35.9 Å². The number of amides is 2. The van der Waals surface area contributed by atoms with Gasteiger partial charge in [-0.1, -0.05) is 30.3 Å². The second kappa shape index (κ2) is 10.5. The van der Waals surface area contributed by atoms with Crippen molar-refractivity contribution in [3.05, 3.63) is 65.9 Å². The normalized spacial score (nSPS) is 11.0. The van der Waals surface area contributed by atoms with Gasteiger partial charge in [0, 0.05) is 12.6 Å². The molecule has 0 aliphatic rings. The molecule has 2 aromatic rings. The van der Waals surface area contributed by atoms with Crippen LogP contribution >= 0.6 is 0 Å². The molecular formula is C20H18F2N2O5. The number of benzene rings is 2. The summed E-state index contributed by atoms with van der Waals surface area (Å²) in [7, 11) is 0. The largest absolute Gasteiger partial charge is 0.451 e. The van der Waals surface area contributed by atoms with E-state index in [2.05, 4.69) is 15.4 Å². The molecule has 0 spiro atoms. The van der Waals surface area contributed by atoms with Crippen LogP contribution in [0.25, 0.3) is 6.08 Å². The van der Waals surface area contributed by atoms with E-state index in [-0.39, 0.29) is 11.4 Å². The molecular weight excluding hydrogens is 386 g/mol. The molecule has 2 aromatic carbocycles. The molecule has 0 atom stereocenters. The second-order valence-corrected chi connectivity index (χ2v) is 5.68. The van der Waals surface area contributed by atoms with Gasteiger partial charge >= 0.3 is 12.6 Å². The lowest BCUT2D eigenvalue weighted by atomic mass is 10.2. The Hall–Kier alpha value is -3.75. The van der Waals surface area contributed by atoms with E-state index >= 15 is 0 Å². The highest BCUT2D eigenvalue weighted by atomic mass is 19.3. The summed E-state index contributed by atoms with van der Waals surface area (Å²) < 4.78 is 33.4.